The molecular weight excluding hydrogens is 258 g/mol. The lowest BCUT2D eigenvalue weighted by Crippen LogP contribution is -2.24. The summed E-state index contributed by atoms with van der Waals surface area (Å²) >= 11 is 0. The summed E-state index contributed by atoms with van der Waals surface area (Å²) in [7, 11) is 0. The first-order valence-corrected chi connectivity index (χ1v) is 7.03. The molecule has 0 bridgehead atoms. The summed E-state index contributed by atoms with van der Waals surface area (Å²) < 4.78 is 0. The van der Waals surface area contributed by atoms with Gasteiger partial charge in [-0.1, -0.05) is 19.8 Å². The zero-order chi connectivity index (χ0) is 14.6. The number of anilines is 2. The third-order valence-electron chi connectivity index (χ3n) is 3.79. The predicted molar refractivity (Wildman–Crippen MR) is 77.9 cm³/mol. The van der Waals surface area contributed by atoms with Crippen LogP contribution >= 0.6 is 0 Å². The van der Waals surface area contributed by atoms with E-state index in [0.717, 1.165) is 12.8 Å². The minimum absolute atomic E-state index is 0.0757. The standard InChI is InChI=1S/C13H21N5O2/c1-3-14-12-15-8-10(18(19)20)11(17-12)16-9-13(2)6-4-5-7-13/h8H,3-7,9H2,1-2H3,(H2,14,15,16,17). The van der Waals surface area contributed by atoms with Gasteiger partial charge >= 0.3 is 5.69 Å². The second-order valence-electron chi connectivity index (χ2n) is 5.59. The summed E-state index contributed by atoms with van der Waals surface area (Å²) in [4.78, 5) is 18.7. The average molecular weight is 279 g/mol. The van der Waals surface area contributed by atoms with Crippen LogP contribution in [0.25, 0.3) is 0 Å². The van der Waals surface area contributed by atoms with Gasteiger partial charge in [-0.05, 0) is 25.2 Å². The fraction of sp³-hybridized carbons (Fsp3) is 0.692. The number of nitrogens with zero attached hydrogens (tertiary/aromatic N) is 3. The van der Waals surface area contributed by atoms with Crippen molar-refractivity contribution in [3.8, 4) is 0 Å². The topological polar surface area (TPSA) is 93.0 Å². The van der Waals surface area contributed by atoms with Crippen LogP contribution in [0.4, 0.5) is 17.5 Å². The zero-order valence-corrected chi connectivity index (χ0v) is 12.0. The number of nitro groups is 1. The first kappa shape index (κ1) is 14.5. The predicted octanol–water partition coefficient (Wildman–Crippen LogP) is 2.81. The average Bonchev–Trinajstić information content (AvgIpc) is 2.84. The Bertz CT molecular complexity index is 486. The molecule has 1 saturated carbocycles. The molecule has 1 aromatic heterocycles. The van der Waals surface area contributed by atoms with Gasteiger partial charge in [-0.15, -0.1) is 0 Å². The van der Waals surface area contributed by atoms with E-state index >= 15 is 0 Å². The van der Waals surface area contributed by atoms with Gasteiger partial charge in [0.15, 0.2) is 0 Å². The second kappa shape index (κ2) is 6.02. The van der Waals surface area contributed by atoms with E-state index in [-0.39, 0.29) is 11.1 Å². The lowest BCUT2D eigenvalue weighted by molar-refractivity contribution is -0.384. The Morgan fingerprint density at radius 1 is 1.40 bits per heavy atom. The van der Waals surface area contributed by atoms with Gasteiger partial charge < -0.3 is 10.6 Å². The number of hydrogen-bond acceptors (Lipinski definition) is 6. The van der Waals surface area contributed by atoms with Gasteiger partial charge in [-0.3, -0.25) is 10.1 Å². The summed E-state index contributed by atoms with van der Waals surface area (Å²) in [5.74, 6) is 0.714. The van der Waals surface area contributed by atoms with E-state index in [2.05, 4.69) is 27.5 Å². The monoisotopic (exact) mass is 279 g/mol. The maximum atomic E-state index is 11.0. The van der Waals surface area contributed by atoms with Gasteiger partial charge in [0.2, 0.25) is 11.8 Å². The molecule has 110 valence electrons. The molecule has 0 radical (unpaired) electrons. The molecule has 1 aromatic rings. The number of nitrogens with one attached hydrogen (secondary N) is 2. The molecule has 0 aliphatic heterocycles. The molecule has 2 rings (SSSR count). The lowest BCUT2D eigenvalue weighted by Gasteiger charge is -2.23. The van der Waals surface area contributed by atoms with Crippen LogP contribution in [0.5, 0.6) is 0 Å². The third-order valence-corrected chi connectivity index (χ3v) is 3.79. The molecule has 0 spiro atoms. The molecule has 1 fully saturated rings. The van der Waals surface area contributed by atoms with Gasteiger partial charge in [0.05, 0.1) is 4.92 Å². The smallest absolute Gasteiger partial charge is 0.329 e. The van der Waals surface area contributed by atoms with Crippen LogP contribution in [0, 0.1) is 15.5 Å². The van der Waals surface area contributed by atoms with Crippen molar-refractivity contribution in [2.75, 3.05) is 23.7 Å². The Hall–Kier alpha value is -1.92. The van der Waals surface area contributed by atoms with Crippen molar-refractivity contribution in [2.24, 2.45) is 5.41 Å². The molecule has 7 heteroatoms. The molecule has 1 aliphatic rings. The van der Waals surface area contributed by atoms with Crippen molar-refractivity contribution in [1.29, 1.82) is 0 Å². The quantitative estimate of drug-likeness (QED) is 0.614. The fourth-order valence-corrected chi connectivity index (χ4v) is 2.58. The molecule has 0 saturated heterocycles. The zero-order valence-electron chi connectivity index (χ0n) is 12.0. The van der Waals surface area contributed by atoms with Crippen molar-refractivity contribution in [1.82, 2.24) is 9.97 Å². The Morgan fingerprint density at radius 2 is 2.10 bits per heavy atom. The summed E-state index contributed by atoms with van der Waals surface area (Å²) in [6.45, 7) is 5.52. The highest BCUT2D eigenvalue weighted by molar-refractivity contribution is 5.57. The van der Waals surface area contributed by atoms with Crippen LogP contribution in [-0.2, 0) is 0 Å². The van der Waals surface area contributed by atoms with Gasteiger partial charge in [-0.2, -0.15) is 4.98 Å². The van der Waals surface area contributed by atoms with Gasteiger partial charge in [-0.25, -0.2) is 4.98 Å². The molecule has 1 aliphatic carbocycles. The van der Waals surface area contributed by atoms with E-state index in [0.29, 0.717) is 24.9 Å². The minimum Gasteiger partial charge on any atom is -0.364 e. The van der Waals surface area contributed by atoms with Crippen molar-refractivity contribution >= 4 is 17.5 Å². The van der Waals surface area contributed by atoms with E-state index in [1.54, 1.807) is 0 Å². The molecular formula is C13H21N5O2. The number of aromatic nitrogens is 2. The Labute approximate surface area is 118 Å². The van der Waals surface area contributed by atoms with E-state index in [9.17, 15) is 10.1 Å². The summed E-state index contributed by atoms with van der Waals surface area (Å²) in [5.41, 5.74) is 0.130. The van der Waals surface area contributed by atoms with Crippen LogP contribution in [0.3, 0.4) is 0 Å². The fourth-order valence-electron chi connectivity index (χ4n) is 2.58. The van der Waals surface area contributed by atoms with E-state index in [1.807, 2.05) is 6.92 Å². The summed E-state index contributed by atoms with van der Waals surface area (Å²) in [5, 5.41) is 17.1. The molecule has 0 unspecified atom stereocenters. The van der Waals surface area contributed by atoms with Crippen molar-refractivity contribution in [3.63, 3.8) is 0 Å². The SMILES string of the molecule is CCNc1ncc([N+](=O)[O-])c(NCC2(C)CCCC2)n1. The molecule has 7 nitrogen and oxygen atoms in total. The Morgan fingerprint density at radius 3 is 2.70 bits per heavy atom. The van der Waals surface area contributed by atoms with Crippen molar-refractivity contribution in [3.05, 3.63) is 16.3 Å². The van der Waals surface area contributed by atoms with Crippen molar-refractivity contribution in [2.45, 2.75) is 39.5 Å². The second-order valence-corrected chi connectivity index (χ2v) is 5.59. The molecule has 2 N–H and O–H groups in total. The van der Waals surface area contributed by atoms with E-state index < -0.39 is 4.92 Å². The summed E-state index contributed by atoms with van der Waals surface area (Å²) in [6.07, 6.45) is 6.02. The summed E-state index contributed by atoms with van der Waals surface area (Å²) in [6, 6.07) is 0. The maximum Gasteiger partial charge on any atom is 0.329 e. The van der Waals surface area contributed by atoms with Crippen LogP contribution < -0.4 is 10.6 Å². The molecule has 0 amide bonds. The van der Waals surface area contributed by atoms with Crippen molar-refractivity contribution < 1.29 is 4.92 Å². The largest absolute Gasteiger partial charge is 0.364 e. The van der Waals surface area contributed by atoms with Crippen LogP contribution in [-0.4, -0.2) is 28.0 Å². The van der Waals surface area contributed by atoms with Gasteiger partial charge in [0.25, 0.3) is 0 Å². The number of hydrogen-bond donors (Lipinski definition) is 2. The third kappa shape index (κ3) is 3.34. The Balaban J connectivity index is 2.14. The lowest BCUT2D eigenvalue weighted by atomic mass is 9.89. The Kier molecular flexibility index (Phi) is 4.36. The molecule has 0 atom stereocenters. The maximum absolute atomic E-state index is 11.0. The molecule has 0 aromatic carbocycles. The highest BCUT2D eigenvalue weighted by atomic mass is 16.6. The van der Waals surface area contributed by atoms with E-state index in [4.69, 9.17) is 0 Å². The highest BCUT2D eigenvalue weighted by Crippen LogP contribution is 2.38. The first-order chi connectivity index (χ1) is 9.54. The van der Waals surface area contributed by atoms with Crippen LogP contribution in [0.2, 0.25) is 0 Å². The minimum atomic E-state index is -0.449. The first-order valence-electron chi connectivity index (χ1n) is 7.03. The van der Waals surface area contributed by atoms with E-state index in [1.165, 1.54) is 19.0 Å². The van der Waals surface area contributed by atoms with Gasteiger partial charge in [0, 0.05) is 13.1 Å². The van der Waals surface area contributed by atoms with Gasteiger partial charge in [0.1, 0.15) is 6.20 Å². The molecule has 20 heavy (non-hydrogen) atoms. The molecule has 1 heterocycles. The normalized spacial score (nSPS) is 16.9. The number of rotatable bonds is 6. The highest BCUT2D eigenvalue weighted by Gasteiger charge is 2.29. The van der Waals surface area contributed by atoms with Crippen LogP contribution in [0.1, 0.15) is 39.5 Å². The van der Waals surface area contributed by atoms with Crippen LogP contribution in [0.15, 0.2) is 6.20 Å².